The van der Waals surface area contributed by atoms with E-state index in [1.165, 1.54) is 11.1 Å². The fourth-order valence-electron chi connectivity index (χ4n) is 22.0. The number of para-hydroxylation sites is 6. The number of hydrogen-bond donors (Lipinski definition) is 0. The van der Waals surface area contributed by atoms with Crippen LogP contribution in [0, 0.1) is 0 Å². The Balaban J connectivity index is 0.000000100. The van der Waals surface area contributed by atoms with Crippen molar-refractivity contribution in [2.75, 3.05) is 0 Å². The van der Waals surface area contributed by atoms with E-state index in [1.54, 1.807) is 12.4 Å². The summed E-state index contributed by atoms with van der Waals surface area (Å²) in [4.78, 5) is 34.9. The molecule has 31 rings (SSSR count). The van der Waals surface area contributed by atoms with Crippen molar-refractivity contribution in [3.05, 3.63) is 419 Å². The first-order valence-electron chi connectivity index (χ1n) is 46.2. The van der Waals surface area contributed by atoms with Gasteiger partial charge in [0.25, 0.3) is 0 Å². The number of pyridine rings is 7. The first kappa shape index (κ1) is 76.8. The van der Waals surface area contributed by atoms with E-state index < -0.39 is 0 Å². The fourth-order valence-corrected chi connectivity index (χ4v) is 22.0. The van der Waals surface area contributed by atoms with Crippen LogP contribution in [0.25, 0.3) is 308 Å². The second kappa shape index (κ2) is 30.3. The van der Waals surface area contributed by atoms with Crippen LogP contribution in [-0.2, 0) is 0 Å². The average Bonchev–Trinajstić information content (AvgIpc) is 1.63. The summed E-state index contributed by atoms with van der Waals surface area (Å²) in [6.45, 7) is 0. The van der Waals surface area contributed by atoms with Crippen molar-refractivity contribution >= 4 is 229 Å². The number of furan rings is 6. The van der Waals surface area contributed by atoms with Crippen LogP contribution in [0.3, 0.4) is 0 Å². The third-order valence-electron chi connectivity index (χ3n) is 27.9. The second-order valence-corrected chi connectivity index (χ2v) is 35.2. The van der Waals surface area contributed by atoms with Crippen LogP contribution in [0.5, 0.6) is 0 Å². The Hall–Kier alpha value is -18.9. The fraction of sp³-hybridized carbons (Fsp3) is 0. The summed E-state index contributed by atoms with van der Waals surface area (Å²) in [6.07, 6.45) is 11.1. The molecule has 0 spiro atoms. The highest BCUT2D eigenvalue weighted by Gasteiger charge is 2.31. The Bertz CT molecular complexity index is 10000. The van der Waals surface area contributed by atoms with Crippen molar-refractivity contribution in [2.24, 2.45) is 0 Å². The molecule has 0 N–H and O–H groups in total. The molecule has 0 unspecified atom stereocenters. The molecule has 0 saturated carbocycles. The zero-order valence-electron chi connectivity index (χ0n) is 73.4. The largest absolute Gasteiger partial charge is 0.455 e. The summed E-state index contributed by atoms with van der Waals surface area (Å²) in [5.41, 5.74) is 26.5. The maximum atomic E-state index is 6.73. The van der Waals surface area contributed by atoms with Gasteiger partial charge in [-0.15, -0.1) is 0 Å². The Kier molecular flexibility index (Phi) is 16.9. The lowest BCUT2D eigenvalue weighted by Gasteiger charge is -2.18. The van der Waals surface area contributed by atoms with Crippen molar-refractivity contribution in [3.8, 4) is 78.5 Å². The predicted octanol–water partition coefficient (Wildman–Crippen LogP) is 34.3. The van der Waals surface area contributed by atoms with Crippen LogP contribution in [0.1, 0.15) is 0 Å². The molecule has 0 aliphatic rings. The number of benzene rings is 18. The molecule has 0 aliphatic carbocycles. The maximum absolute atomic E-state index is 6.73. The highest BCUT2D eigenvalue weighted by atomic mass is 16.4. The van der Waals surface area contributed by atoms with E-state index in [2.05, 4.69) is 288 Å². The lowest BCUT2D eigenvalue weighted by Crippen LogP contribution is -1.95. The molecule has 13 heterocycles. The minimum absolute atomic E-state index is 0.759. The van der Waals surface area contributed by atoms with Gasteiger partial charge in [-0.25, -0.2) is 19.9 Å². The maximum Gasteiger partial charge on any atom is 0.161 e. The lowest BCUT2D eigenvalue weighted by atomic mass is 9.86. The molecule has 13 nitrogen and oxygen atoms in total. The molecule has 0 radical (unpaired) electrons. The van der Waals surface area contributed by atoms with Crippen molar-refractivity contribution in [1.29, 1.82) is 0 Å². The van der Waals surface area contributed by atoms with Crippen LogP contribution < -0.4 is 0 Å². The van der Waals surface area contributed by atoms with Crippen molar-refractivity contribution in [1.82, 2.24) is 34.9 Å². The van der Waals surface area contributed by atoms with E-state index >= 15 is 0 Å². The second-order valence-electron chi connectivity index (χ2n) is 35.2. The van der Waals surface area contributed by atoms with Gasteiger partial charge in [-0.2, -0.15) is 0 Å². The third-order valence-corrected chi connectivity index (χ3v) is 27.9. The molecular formula is C125H69N7O6. The zero-order chi connectivity index (χ0) is 90.3. The number of fused-ring (bicyclic) bond motifs is 33. The summed E-state index contributed by atoms with van der Waals surface area (Å²) in [7, 11) is 0. The Labute approximate surface area is 783 Å². The molecule has 18 aromatic carbocycles. The molecule has 0 fully saturated rings. The average molecular weight is 1760 g/mol. The van der Waals surface area contributed by atoms with Gasteiger partial charge in [-0.3, -0.25) is 15.0 Å². The van der Waals surface area contributed by atoms with E-state index in [-0.39, 0.29) is 0 Å². The van der Waals surface area contributed by atoms with E-state index in [0.29, 0.717) is 0 Å². The Morgan fingerprint density at radius 2 is 0.406 bits per heavy atom. The highest BCUT2D eigenvalue weighted by Crippen LogP contribution is 2.55. The Morgan fingerprint density at radius 3 is 0.732 bits per heavy atom. The third kappa shape index (κ3) is 11.5. The highest BCUT2D eigenvalue weighted by molar-refractivity contribution is 6.34. The quantitative estimate of drug-likeness (QED) is 0.138. The SMILES string of the molecule is c1cc(-c2ccncc2)nc(-c2c3ccccc3c(-c3nc4c(ccc5c6ccccc6oc54)c4oc5ccccc5c34)c3ccccc23)c1.c1ccc2c(c1)oc1c2ccc2c1nc(-c1c3ccccc3c(-c3ccncc3)c3ccccc13)c1c3ccccc3oc21.c1cncc(-c2c3ccccc3c(-c3nc4c(ccc5c6ccccc6oc54)c4oc5ccccc5c34)c3ccccc23)c1. The summed E-state index contributed by atoms with van der Waals surface area (Å²) < 4.78 is 39.7. The molecule has 0 atom stereocenters. The first-order valence-corrected chi connectivity index (χ1v) is 46.2. The van der Waals surface area contributed by atoms with E-state index in [1.807, 2.05) is 134 Å². The summed E-state index contributed by atoms with van der Waals surface area (Å²) in [5.74, 6) is 0. The monoisotopic (exact) mass is 1760 g/mol. The number of rotatable bonds is 7. The normalized spacial score (nSPS) is 12.1. The van der Waals surface area contributed by atoms with Crippen molar-refractivity contribution < 1.29 is 26.5 Å². The molecule has 0 bridgehead atoms. The Morgan fingerprint density at radius 1 is 0.145 bits per heavy atom. The van der Waals surface area contributed by atoms with Crippen LogP contribution >= 0.6 is 0 Å². The van der Waals surface area contributed by atoms with Gasteiger partial charge < -0.3 is 26.5 Å². The standard InChI is InChI=1S/C45H25N3O2.2C40H22N2O2/c1-3-13-30-28(11-1)39(36-17-9-16-35(47-36)26-22-24-46-25-23-26)29-12-2-4-14-31(29)40(30)43-41-33-15-6-8-19-38(33)49-44(41)34-21-20-32-27-10-5-7-18-37(27)50-45(32)42(34)48-43;1-3-14-27-25(12-1)34(23-10-9-21-41-22-23)26-13-2-4-15-28(26)35(27)38-36-30-16-6-8-18-33(30)43-39(36)31-20-19-29-24-11-5-7-17-32(24)44-40(29)37(31)42-38;1-3-12-27-25(10-1)34(23-19-21-41-22-20-23)26-11-2-4-13-28(26)35(27)38-36-30-14-6-8-16-33(30)43-39(36)31-18-17-29-24-9-5-7-15-32(24)44-40(29)37(31)42-38/h1-25H;2*1-22H. The van der Waals surface area contributed by atoms with Crippen molar-refractivity contribution in [2.45, 2.75) is 0 Å². The number of hydrogen-bond acceptors (Lipinski definition) is 13. The van der Waals surface area contributed by atoms with Crippen LogP contribution in [-0.4, -0.2) is 34.9 Å². The number of nitrogens with zero attached hydrogens (tertiary/aromatic N) is 7. The number of aromatic nitrogens is 7. The smallest absolute Gasteiger partial charge is 0.161 e. The zero-order valence-corrected chi connectivity index (χ0v) is 73.4. The molecule has 0 saturated heterocycles. The lowest BCUT2D eigenvalue weighted by molar-refractivity contribution is 0.668. The van der Waals surface area contributed by atoms with Gasteiger partial charge in [-0.1, -0.05) is 267 Å². The van der Waals surface area contributed by atoms with Gasteiger partial charge in [0.05, 0.1) is 44.6 Å². The topological polar surface area (TPSA) is 169 Å². The van der Waals surface area contributed by atoms with Gasteiger partial charge in [0, 0.05) is 135 Å². The minimum atomic E-state index is 0.759. The van der Waals surface area contributed by atoms with E-state index in [4.69, 9.17) is 46.4 Å². The molecular weight excluding hydrogens is 1700 g/mol. The molecule has 13 heteroatoms. The molecule has 31 aromatic rings. The van der Waals surface area contributed by atoms with Crippen LogP contribution in [0.4, 0.5) is 0 Å². The van der Waals surface area contributed by atoms with Gasteiger partial charge in [-0.05, 0) is 197 Å². The van der Waals surface area contributed by atoms with Gasteiger partial charge in [0.2, 0.25) is 0 Å². The van der Waals surface area contributed by atoms with Crippen LogP contribution in [0.2, 0.25) is 0 Å². The first-order chi connectivity index (χ1) is 68.5. The molecule has 0 amide bonds. The minimum Gasteiger partial charge on any atom is -0.455 e. The summed E-state index contributed by atoms with van der Waals surface area (Å²) in [5, 5.41) is 28.8. The van der Waals surface area contributed by atoms with Crippen LogP contribution in [0.15, 0.2) is 446 Å². The molecule has 13 aromatic heterocycles. The van der Waals surface area contributed by atoms with Gasteiger partial charge in [0.15, 0.2) is 16.7 Å². The van der Waals surface area contributed by atoms with E-state index in [9.17, 15) is 0 Å². The molecule has 0 aliphatic heterocycles. The van der Waals surface area contributed by atoms with Gasteiger partial charge >= 0.3 is 0 Å². The molecule has 640 valence electrons. The summed E-state index contributed by atoms with van der Waals surface area (Å²) >= 11 is 0. The van der Waals surface area contributed by atoms with E-state index in [0.717, 1.165) is 296 Å². The molecule has 138 heavy (non-hydrogen) atoms. The predicted molar refractivity (Wildman–Crippen MR) is 563 cm³/mol. The van der Waals surface area contributed by atoms with Gasteiger partial charge in [0.1, 0.15) is 66.8 Å². The summed E-state index contributed by atoms with van der Waals surface area (Å²) in [6, 6.07) is 132. The van der Waals surface area contributed by atoms with Crippen molar-refractivity contribution in [3.63, 3.8) is 0 Å².